The molecular weight excluding hydrogens is 408 g/mol. The summed E-state index contributed by atoms with van der Waals surface area (Å²) in [5.74, 6) is 0. The third-order valence-corrected chi connectivity index (χ3v) is 8.45. The lowest BCUT2D eigenvalue weighted by Crippen LogP contribution is -2.62. The van der Waals surface area contributed by atoms with E-state index >= 15 is 0 Å². The Labute approximate surface area is 165 Å². The van der Waals surface area contributed by atoms with Crippen LogP contribution in [0.3, 0.4) is 0 Å². The Hall–Kier alpha value is -2.74. The van der Waals surface area contributed by atoms with Crippen LogP contribution in [-0.4, -0.2) is 8.24 Å². The predicted octanol–water partition coefficient (Wildman–Crippen LogP) is 5.53. The van der Waals surface area contributed by atoms with Gasteiger partial charge in [-0.3, -0.25) is 0 Å². The second kappa shape index (κ2) is 7.59. The van der Waals surface area contributed by atoms with Crippen molar-refractivity contribution in [1.29, 1.82) is 0 Å². The van der Waals surface area contributed by atoms with Crippen LogP contribution in [-0.2, 0) is 12.4 Å². The number of anilines is 1. The second-order valence-electron chi connectivity index (χ2n) is 6.78. The molecule has 0 bridgehead atoms. The molecule has 0 atom stereocenters. The van der Waals surface area contributed by atoms with Gasteiger partial charge in [0.05, 0.1) is 11.1 Å². The molecule has 0 aliphatic carbocycles. The van der Waals surface area contributed by atoms with E-state index in [4.69, 9.17) is 0 Å². The van der Waals surface area contributed by atoms with Crippen LogP contribution in [0.15, 0.2) is 78.9 Å². The largest absolute Gasteiger partial charge is 0.416 e. The zero-order chi connectivity index (χ0) is 21.3. The van der Waals surface area contributed by atoms with Crippen LogP contribution in [0, 0.1) is 0 Å². The summed E-state index contributed by atoms with van der Waals surface area (Å²) >= 11 is 0. The molecule has 1 N–H and O–H groups in total. The van der Waals surface area contributed by atoms with Gasteiger partial charge in [0.1, 0.15) is 0 Å². The SMILES string of the molecule is C[Si](Nc1cc(C(F)(F)F)cc(C(F)(F)F)c1)(c1ccccc1)c1ccccc1. The van der Waals surface area contributed by atoms with E-state index in [1.807, 2.05) is 30.8 Å². The molecule has 0 aliphatic rings. The fourth-order valence-electron chi connectivity index (χ4n) is 3.17. The highest BCUT2D eigenvalue weighted by atomic mass is 28.3. The summed E-state index contributed by atoms with van der Waals surface area (Å²) in [6, 6.07) is 19.6. The smallest absolute Gasteiger partial charge is 0.403 e. The van der Waals surface area contributed by atoms with Crippen LogP contribution < -0.4 is 15.4 Å². The number of nitrogens with one attached hydrogen (secondary N) is 1. The molecular formula is C21H17F6NSi. The fourth-order valence-corrected chi connectivity index (χ4v) is 6.23. The van der Waals surface area contributed by atoms with E-state index in [0.717, 1.165) is 22.5 Å². The lowest BCUT2D eigenvalue weighted by Gasteiger charge is -2.31. The van der Waals surface area contributed by atoms with Gasteiger partial charge in [-0.25, -0.2) is 0 Å². The van der Waals surface area contributed by atoms with E-state index in [-0.39, 0.29) is 11.8 Å². The number of hydrogen-bond acceptors (Lipinski definition) is 1. The van der Waals surface area contributed by atoms with Crippen molar-refractivity contribution < 1.29 is 26.3 Å². The minimum atomic E-state index is -4.89. The maximum atomic E-state index is 13.2. The molecule has 0 aliphatic heterocycles. The van der Waals surface area contributed by atoms with Crippen molar-refractivity contribution in [1.82, 2.24) is 0 Å². The van der Waals surface area contributed by atoms with E-state index in [1.165, 1.54) is 0 Å². The van der Waals surface area contributed by atoms with Gasteiger partial charge in [-0.1, -0.05) is 60.7 Å². The molecule has 29 heavy (non-hydrogen) atoms. The Morgan fingerprint density at radius 1 is 0.621 bits per heavy atom. The van der Waals surface area contributed by atoms with Gasteiger partial charge < -0.3 is 4.98 Å². The highest BCUT2D eigenvalue weighted by Crippen LogP contribution is 2.37. The van der Waals surface area contributed by atoms with Crippen molar-refractivity contribution in [2.75, 3.05) is 4.98 Å². The van der Waals surface area contributed by atoms with Crippen LogP contribution in [0.5, 0.6) is 0 Å². The van der Waals surface area contributed by atoms with Gasteiger partial charge >= 0.3 is 12.4 Å². The second-order valence-corrected chi connectivity index (χ2v) is 10.4. The first kappa shape index (κ1) is 21.0. The predicted molar refractivity (Wildman–Crippen MR) is 104 cm³/mol. The van der Waals surface area contributed by atoms with Gasteiger partial charge in [0.2, 0.25) is 8.24 Å². The van der Waals surface area contributed by atoms with Crippen molar-refractivity contribution in [3.8, 4) is 0 Å². The summed E-state index contributed by atoms with van der Waals surface area (Å²) < 4.78 is 79.4. The van der Waals surface area contributed by atoms with E-state index in [2.05, 4.69) is 4.98 Å². The summed E-state index contributed by atoms with van der Waals surface area (Å²) in [5.41, 5.74) is -2.89. The number of alkyl halides is 6. The van der Waals surface area contributed by atoms with Crippen LogP contribution in [0.1, 0.15) is 11.1 Å². The molecule has 0 heterocycles. The summed E-state index contributed by atoms with van der Waals surface area (Å²) in [6.07, 6.45) is -9.79. The standard InChI is InChI=1S/C21H17F6NSi/c1-29(18-8-4-2-5-9-18,19-10-6-3-7-11-19)28-17-13-15(20(22,23)24)12-16(14-17)21(25,26)27/h2-14,28H,1H3. The zero-order valence-electron chi connectivity index (χ0n) is 15.3. The number of halogens is 6. The monoisotopic (exact) mass is 425 g/mol. The molecule has 3 aromatic carbocycles. The highest BCUT2D eigenvalue weighted by Gasteiger charge is 2.38. The fraction of sp³-hybridized carbons (Fsp3) is 0.143. The molecule has 8 heteroatoms. The minimum Gasteiger partial charge on any atom is -0.403 e. The van der Waals surface area contributed by atoms with E-state index in [0.29, 0.717) is 0 Å². The first-order chi connectivity index (χ1) is 13.5. The first-order valence-electron chi connectivity index (χ1n) is 8.69. The average molecular weight is 425 g/mol. The molecule has 0 spiro atoms. The summed E-state index contributed by atoms with van der Waals surface area (Å²) in [6.45, 7) is 1.85. The molecule has 0 unspecified atom stereocenters. The molecule has 0 radical (unpaired) electrons. The number of rotatable bonds is 4. The van der Waals surface area contributed by atoms with Gasteiger partial charge in [-0.2, -0.15) is 26.3 Å². The Balaban J connectivity index is 2.16. The Kier molecular flexibility index (Phi) is 5.49. The third-order valence-electron chi connectivity index (χ3n) is 4.68. The van der Waals surface area contributed by atoms with Gasteiger partial charge in [0.25, 0.3) is 0 Å². The molecule has 1 nitrogen and oxygen atoms in total. The lowest BCUT2D eigenvalue weighted by atomic mass is 10.1. The average Bonchev–Trinajstić information content (AvgIpc) is 2.67. The van der Waals surface area contributed by atoms with Gasteiger partial charge in [0, 0.05) is 5.69 Å². The van der Waals surface area contributed by atoms with Crippen LogP contribution in [0.4, 0.5) is 32.0 Å². The zero-order valence-corrected chi connectivity index (χ0v) is 16.3. The van der Waals surface area contributed by atoms with Crippen molar-refractivity contribution in [2.45, 2.75) is 18.9 Å². The highest BCUT2D eigenvalue weighted by molar-refractivity contribution is 7.03. The molecule has 152 valence electrons. The summed E-state index contributed by atoms with van der Waals surface area (Å²) in [4.78, 5) is 3.05. The van der Waals surface area contributed by atoms with Crippen LogP contribution in [0.2, 0.25) is 6.55 Å². The number of benzene rings is 3. The Bertz CT molecular complexity index is 896. The third kappa shape index (κ3) is 4.64. The maximum Gasteiger partial charge on any atom is 0.416 e. The van der Waals surface area contributed by atoms with Crippen molar-refractivity contribution in [3.63, 3.8) is 0 Å². The van der Waals surface area contributed by atoms with Crippen LogP contribution >= 0.6 is 0 Å². The maximum absolute atomic E-state index is 13.2. The van der Waals surface area contributed by atoms with Gasteiger partial charge in [0.15, 0.2) is 0 Å². The number of hydrogen-bond donors (Lipinski definition) is 1. The topological polar surface area (TPSA) is 12.0 Å². The molecule has 0 fully saturated rings. The Morgan fingerprint density at radius 3 is 1.34 bits per heavy atom. The van der Waals surface area contributed by atoms with Crippen molar-refractivity contribution >= 4 is 24.3 Å². The molecule has 0 saturated heterocycles. The van der Waals surface area contributed by atoms with Crippen molar-refractivity contribution in [3.05, 3.63) is 90.0 Å². The Morgan fingerprint density at radius 2 is 1.00 bits per heavy atom. The van der Waals surface area contributed by atoms with Crippen LogP contribution in [0.25, 0.3) is 0 Å². The quantitative estimate of drug-likeness (QED) is 0.428. The minimum absolute atomic E-state index is 0.134. The molecule has 0 aromatic heterocycles. The summed E-state index contributed by atoms with van der Waals surface area (Å²) in [7, 11) is -2.89. The van der Waals surface area contributed by atoms with E-state index < -0.39 is 31.7 Å². The van der Waals surface area contributed by atoms with E-state index in [1.54, 1.807) is 36.4 Å². The normalized spacial score (nSPS) is 12.7. The lowest BCUT2D eigenvalue weighted by molar-refractivity contribution is -0.143. The molecule has 3 aromatic rings. The van der Waals surface area contributed by atoms with E-state index in [9.17, 15) is 26.3 Å². The molecule has 0 saturated carbocycles. The van der Waals surface area contributed by atoms with Crippen molar-refractivity contribution in [2.24, 2.45) is 0 Å². The first-order valence-corrected chi connectivity index (χ1v) is 11.2. The van der Waals surface area contributed by atoms with Gasteiger partial charge in [-0.15, -0.1) is 0 Å². The molecule has 3 rings (SSSR count). The summed E-state index contributed by atoms with van der Waals surface area (Å²) in [5, 5.41) is 1.66. The van der Waals surface area contributed by atoms with Gasteiger partial charge in [-0.05, 0) is 35.1 Å². The molecule has 0 amide bonds.